The minimum absolute atomic E-state index is 0.598. The third-order valence-electron chi connectivity index (χ3n) is 2.13. The molecule has 0 aliphatic carbocycles. The van der Waals surface area contributed by atoms with Crippen LogP contribution < -0.4 is 0 Å². The molecule has 2 rings (SSSR count). The summed E-state index contributed by atoms with van der Waals surface area (Å²) in [5, 5.41) is 17.8. The molecule has 4 heteroatoms. The Hall–Kier alpha value is -2.12. The molecule has 1 N–H and O–H groups in total. The molecule has 1 aromatic heterocycles. The van der Waals surface area contributed by atoms with E-state index >= 15 is 0 Å². The summed E-state index contributed by atoms with van der Waals surface area (Å²) >= 11 is 0. The molecule has 0 spiro atoms. The fraction of sp³-hybridized carbons (Fsp3) is 0.0909. The molecular weight excluding hydrogens is 190 g/mol. The topological polar surface area (TPSA) is 61.8 Å². The smallest absolute Gasteiger partial charge is 0.165 e. The van der Waals surface area contributed by atoms with Crippen molar-refractivity contribution < 1.29 is 5.11 Å². The van der Waals surface area contributed by atoms with Gasteiger partial charge >= 0.3 is 0 Å². The third kappa shape index (κ3) is 1.87. The highest BCUT2D eigenvalue weighted by atomic mass is 16.3. The number of hydrogen-bond acceptors (Lipinski definition) is 3. The molecule has 0 amide bonds. The van der Waals surface area contributed by atoms with Gasteiger partial charge in [0.15, 0.2) is 6.10 Å². The number of aliphatic hydroxyl groups excluding tert-OH is 1. The number of hydrogen-bond donors (Lipinski definition) is 1. The molecule has 0 fully saturated rings. The number of aromatic nitrogens is 2. The molecule has 74 valence electrons. The largest absolute Gasteiger partial charge is 0.374 e. The van der Waals surface area contributed by atoms with E-state index in [2.05, 4.69) is 4.98 Å². The summed E-state index contributed by atoms with van der Waals surface area (Å²) in [6.07, 6.45) is 4.16. The average Bonchev–Trinajstić information content (AvgIpc) is 2.82. The van der Waals surface area contributed by atoms with Crippen LogP contribution in [0.15, 0.2) is 43.0 Å². The van der Waals surface area contributed by atoms with Crippen LogP contribution in [0.2, 0.25) is 0 Å². The van der Waals surface area contributed by atoms with Gasteiger partial charge < -0.3 is 9.67 Å². The maximum Gasteiger partial charge on any atom is 0.165 e. The van der Waals surface area contributed by atoms with Gasteiger partial charge in [0.05, 0.1) is 12.4 Å². The molecule has 2 aromatic rings. The fourth-order valence-electron chi connectivity index (χ4n) is 1.32. The molecule has 0 saturated heterocycles. The van der Waals surface area contributed by atoms with Crippen LogP contribution in [-0.4, -0.2) is 14.7 Å². The minimum Gasteiger partial charge on any atom is -0.374 e. The summed E-state index contributed by atoms with van der Waals surface area (Å²) < 4.78 is 1.85. The highest BCUT2D eigenvalue weighted by Crippen LogP contribution is 2.14. The van der Waals surface area contributed by atoms with E-state index in [1.807, 2.05) is 22.9 Å². The van der Waals surface area contributed by atoms with Crippen LogP contribution in [-0.2, 0) is 0 Å². The summed E-state index contributed by atoms with van der Waals surface area (Å²) in [4.78, 5) is 3.93. The maximum absolute atomic E-state index is 9.27. The Balaban J connectivity index is 2.30. The Kier molecular flexibility index (Phi) is 2.48. The van der Waals surface area contributed by atoms with Gasteiger partial charge in [-0.25, -0.2) is 4.98 Å². The molecule has 1 aromatic carbocycles. The van der Waals surface area contributed by atoms with Crippen molar-refractivity contribution in [2.45, 2.75) is 6.10 Å². The lowest BCUT2D eigenvalue weighted by Crippen LogP contribution is -1.95. The first-order chi connectivity index (χ1) is 7.31. The zero-order valence-corrected chi connectivity index (χ0v) is 7.91. The Labute approximate surface area is 87.0 Å². The van der Waals surface area contributed by atoms with E-state index in [-0.39, 0.29) is 0 Å². The molecule has 1 unspecified atom stereocenters. The number of rotatable bonds is 2. The first-order valence-electron chi connectivity index (χ1n) is 4.47. The van der Waals surface area contributed by atoms with E-state index in [0.29, 0.717) is 5.56 Å². The van der Waals surface area contributed by atoms with E-state index in [1.54, 1.807) is 30.7 Å². The van der Waals surface area contributed by atoms with Gasteiger partial charge in [0.2, 0.25) is 0 Å². The average molecular weight is 199 g/mol. The molecule has 4 nitrogen and oxygen atoms in total. The standard InChI is InChI=1S/C11H9N3O/c12-7-11(15)9-1-3-10(4-2-9)14-6-5-13-8-14/h1-6,8,11,15H. The van der Waals surface area contributed by atoms with Crippen molar-refractivity contribution in [3.63, 3.8) is 0 Å². The maximum atomic E-state index is 9.27. The van der Waals surface area contributed by atoms with Gasteiger partial charge in [0.1, 0.15) is 0 Å². The van der Waals surface area contributed by atoms with Crippen LogP contribution in [0.25, 0.3) is 5.69 Å². The normalized spacial score (nSPS) is 12.0. The van der Waals surface area contributed by atoms with Crippen LogP contribution in [0.1, 0.15) is 11.7 Å². The number of nitrogens with zero attached hydrogens (tertiary/aromatic N) is 3. The van der Waals surface area contributed by atoms with Gasteiger partial charge in [0, 0.05) is 18.1 Å². The van der Waals surface area contributed by atoms with E-state index in [1.165, 1.54) is 0 Å². The van der Waals surface area contributed by atoms with Crippen LogP contribution in [0.5, 0.6) is 0 Å². The monoisotopic (exact) mass is 199 g/mol. The summed E-state index contributed by atoms with van der Waals surface area (Å²) in [5.41, 5.74) is 1.54. The lowest BCUT2D eigenvalue weighted by molar-refractivity contribution is 0.236. The van der Waals surface area contributed by atoms with Crippen molar-refractivity contribution in [1.82, 2.24) is 9.55 Å². The van der Waals surface area contributed by atoms with Gasteiger partial charge in [-0.3, -0.25) is 0 Å². The molecule has 15 heavy (non-hydrogen) atoms. The molecule has 0 aliphatic rings. The van der Waals surface area contributed by atoms with Crippen molar-refractivity contribution in [2.24, 2.45) is 0 Å². The number of nitriles is 1. The van der Waals surface area contributed by atoms with Crippen LogP contribution in [0, 0.1) is 11.3 Å². The molecule has 1 atom stereocenters. The Bertz CT molecular complexity index is 468. The SMILES string of the molecule is N#CC(O)c1ccc(-n2ccnc2)cc1. The molecule has 0 saturated carbocycles. The van der Waals surface area contributed by atoms with Crippen LogP contribution >= 0.6 is 0 Å². The Morgan fingerprint density at radius 1 is 1.33 bits per heavy atom. The second kappa shape index (κ2) is 3.95. The zero-order chi connectivity index (χ0) is 10.7. The third-order valence-corrected chi connectivity index (χ3v) is 2.13. The van der Waals surface area contributed by atoms with Crippen molar-refractivity contribution in [2.75, 3.05) is 0 Å². The van der Waals surface area contributed by atoms with Gasteiger partial charge in [-0.1, -0.05) is 12.1 Å². The second-order valence-electron chi connectivity index (χ2n) is 3.09. The predicted octanol–water partition coefficient (Wildman–Crippen LogP) is 1.43. The van der Waals surface area contributed by atoms with Gasteiger partial charge in [-0.05, 0) is 17.7 Å². The lowest BCUT2D eigenvalue weighted by Gasteiger charge is -2.04. The summed E-state index contributed by atoms with van der Waals surface area (Å²) in [6.45, 7) is 0. The lowest BCUT2D eigenvalue weighted by atomic mass is 10.1. The number of imidazole rings is 1. The predicted molar refractivity (Wildman–Crippen MR) is 54.1 cm³/mol. The van der Waals surface area contributed by atoms with E-state index < -0.39 is 6.10 Å². The van der Waals surface area contributed by atoms with Gasteiger partial charge in [-0.15, -0.1) is 0 Å². The highest BCUT2D eigenvalue weighted by Gasteiger charge is 2.04. The fourth-order valence-corrected chi connectivity index (χ4v) is 1.32. The molecule has 0 radical (unpaired) electrons. The number of benzene rings is 1. The zero-order valence-electron chi connectivity index (χ0n) is 7.91. The van der Waals surface area contributed by atoms with Crippen molar-refractivity contribution in [3.8, 4) is 11.8 Å². The second-order valence-corrected chi connectivity index (χ2v) is 3.09. The first-order valence-corrected chi connectivity index (χ1v) is 4.47. The Morgan fingerprint density at radius 3 is 2.60 bits per heavy atom. The summed E-state index contributed by atoms with van der Waals surface area (Å²) in [5.74, 6) is 0. The summed E-state index contributed by atoms with van der Waals surface area (Å²) in [6, 6.07) is 8.88. The van der Waals surface area contributed by atoms with E-state index in [4.69, 9.17) is 5.26 Å². The number of aliphatic hydroxyl groups is 1. The highest BCUT2D eigenvalue weighted by molar-refractivity contribution is 5.36. The summed E-state index contributed by atoms with van der Waals surface area (Å²) in [7, 11) is 0. The molecule has 0 aliphatic heterocycles. The van der Waals surface area contributed by atoms with Crippen molar-refractivity contribution in [1.29, 1.82) is 5.26 Å². The van der Waals surface area contributed by atoms with Gasteiger partial charge in [-0.2, -0.15) is 5.26 Å². The van der Waals surface area contributed by atoms with E-state index in [9.17, 15) is 5.11 Å². The quantitative estimate of drug-likeness (QED) is 0.744. The molecular formula is C11H9N3O. The van der Waals surface area contributed by atoms with Crippen LogP contribution in [0.3, 0.4) is 0 Å². The molecule has 1 heterocycles. The van der Waals surface area contributed by atoms with Crippen LogP contribution in [0.4, 0.5) is 0 Å². The van der Waals surface area contributed by atoms with Gasteiger partial charge in [0.25, 0.3) is 0 Å². The molecule has 0 bridgehead atoms. The van der Waals surface area contributed by atoms with Crippen molar-refractivity contribution >= 4 is 0 Å². The minimum atomic E-state index is -1.05. The Morgan fingerprint density at radius 2 is 2.07 bits per heavy atom. The van der Waals surface area contributed by atoms with E-state index in [0.717, 1.165) is 5.69 Å². The van der Waals surface area contributed by atoms with Crippen molar-refractivity contribution in [3.05, 3.63) is 48.5 Å². The first kappa shape index (κ1) is 9.44.